The van der Waals surface area contributed by atoms with Crippen LogP contribution in [0.25, 0.3) is 0 Å². The van der Waals surface area contributed by atoms with E-state index in [-0.39, 0.29) is 12.0 Å². The molecule has 0 spiro atoms. The Morgan fingerprint density at radius 2 is 1.84 bits per heavy atom. The molecule has 0 bridgehead atoms. The maximum Gasteiger partial charge on any atom is 0.0654 e. The van der Waals surface area contributed by atoms with E-state index in [0.717, 1.165) is 21.9 Å². The van der Waals surface area contributed by atoms with E-state index in [4.69, 9.17) is 5.73 Å². The summed E-state index contributed by atoms with van der Waals surface area (Å²) in [4.78, 5) is 0. The molecule has 19 heavy (non-hydrogen) atoms. The molecule has 0 aromatic heterocycles. The van der Waals surface area contributed by atoms with Gasteiger partial charge in [-0.15, -0.1) is 0 Å². The first-order valence-electron chi connectivity index (χ1n) is 7.36. The summed E-state index contributed by atoms with van der Waals surface area (Å²) in [6.07, 6.45) is 5.01. The largest absolute Gasteiger partial charge is 0.392 e. The van der Waals surface area contributed by atoms with Crippen molar-refractivity contribution < 1.29 is 5.11 Å². The van der Waals surface area contributed by atoms with E-state index >= 15 is 0 Å². The summed E-state index contributed by atoms with van der Waals surface area (Å²) < 4.78 is 1.06. The molecule has 4 atom stereocenters. The molecule has 2 aliphatic rings. The van der Waals surface area contributed by atoms with E-state index < -0.39 is 0 Å². The van der Waals surface area contributed by atoms with E-state index in [0.29, 0.717) is 12.5 Å². The Morgan fingerprint density at radius 3 is 2.42 bits per heavy atom. The van der Waals surface area contributed by atoms with Crippen molar-refractivity contribution in [3.63, 3.8) is 0 Å². The van der Waals surface area contributed by atoms with Gasteiger partial charge in [-0.05, 0) is 42.2 Å². The molecule has 0 heterocycles. The predicted octanol–water partition coefficient (Wildman–Crippen LogP) is 3.29. The number of hydrogen-bond acceptors (Lipinski definition) is 2. The van der Waals surface area contributed by atoms with Crippen LogP contribution in [-0.4, -0.2) is 17.8 Å². The summed E-state index contributed by atoms with van der Waals surface area (Å²) in [5, 5.41) is 10.8. The lowest BCUT2D eigenvalue weighted by molar-refractivity contribution is 0.112. The minimum Gasteiger partial charge on any atom is -0.392 e. The SMILES string of the molecule is NCC(c1ccccc1Br)C(O)C1C2CCCCC21. The minimum absolute atomic E-state index is 0.0613. The first-order chi connectivity index (χ1) is 9.24. The highest BCUT2D eigenvalue weighted by Crippen LogP contribution is 2.58. The summed E-state index contributed by atoms with van der Waals surface area (Å²) in [7, 11) is 0. The Labute approximate surface area is 123 Å². The normalized spacial score (nSPS) is 32.5. The van der Waals surface area contributed by atoms with E-state index in [9.17, 15) is 5.11 Å². The molecule has 1 aromatic carbocycles. The second-order valence-corrected chi connectivity index (χ2v) is 6.90. The third-order valence-corrected chi connectivity index (χ3v) is 5.81. The highest BCUT2D eigenvalue weighted by Gasteiger charge is 2.55. The van der Waals surface area contributed by atoms with Crippen molar-refractivity contribution >= 4 is 15.9 Å². The predicted molar refractivity (Wildman–Crippen MR) is 80.9 cm³/mol. The number of hydrogen-bond donors (Lipinski definition) is 2. The number of fused-ring (bicyclic) bond motifs is 1. The maximum absolute atomic E-state index is 10.8. The standard InChI is InChI=1S/C16H22BrNO/c17-14-8-4-3-5-10(14)13(9-18)16(19)15-11-6-1-2-7-12(11)15/h3-5,8,11-13,15-16,19H,1-2,6-7,9,18H2. The average Bonchev–Trinajstić information content (AvgIpc) is 3.16. The molecule has 0 radical (unpaired) electrons. The van der Waals surface area contributed by atoms with Crippen molar-refractivity contribution in [3.05, 3.63) is 34.3 Å². The van der Waals surface area contributed by atoms with Gasteiger partial charge in [0.2, 0.25) is 0 Å². The highest BCUT2D eigenvalue weighted by atomic mass is 79.9. The van der Waals surface area contributed by atoms with Gasteiger partial charge in [0.1, 0.15) is 0 Å². The van der Waals surface area contributed by atoms with Crippen LogP contribution in [0, 0.1) is 17.8 Å². The Balaban J connectivity index is 1.77. The number of rotatable bonds is 4. The minimum atomic E-state index is -0.281. The van der Waals surface area contributed by atoms with Crippen LogP contribution < -0.4 is 5.73 Å². The van der Waals surface area contributed by atoms with Gasteiger partial charge in [0.15, 0.2) is 0 Å². The average molecular weight is 324 g/mol. The number of benzene rings is 1. The maximum atomic E-state index is 10.8. The molecule has 2 nitrogen and oxygen atoms in total. The number of halogens is 1. The van der Waals surface area contributed by atoms with Crippen LogP contribution in [0.5, 0.6) is 0 Å². The van der Waals surface area contributed by atoms with Crippen LogP contribution >= 0.6 is 15.9 Å². The van der Waals surface area contributed by atoms with Gasteiger partial charge in [-0.25, -0.2) is 0 Å². The summed E-state index contributed by atoms with van der Waals surface area (Å²) in [6, 6.07) is 8.14. The number of aliphatic hydroxyl groups is 1. The molecule has 2 fully saturated rings. The van der Waals surface area contributed by atoms with Gasteiger partial charge in [-0.2, -0.15) is 0 Å². The molecule has 1 aromatic rings. The molecule has 3 heteroatoms. The van der Waals surface area contributed by atoms with Crippen LogP contribution in [0.2, 0.25) is 0 Å². The van der Waals surface area contributed by atoms with E-state index in [1.54, 1.807) is 0 Å². The van der Waals surface area contributed by atoms with Crippen LogP contribution in [0.4, 0.5) is 0 Å². The third-order valence-electron chi connectivity index (χ3n) is 5.09. The Bertz CT molecular complexity index is 438. The number of nitrogens with two attached hydrogens (primary N) is 1. The van der Waals surface area contributed by atoms with Crippen LogP contribution in [0.3, 0.4) is 0 Å². The molecule has 0 aliphatic heterocycles. The van der Waals surface area contributed by atoms with Crippen molar-refractivity contribution in [2.24, 2.45) is 23.5 Å². The van der Waals surface area contributed by atoms with Gasteiger partial charge in [0.25, 0.3) is 0 Å². The van der Waals surface area contributed by atoms with E-state index in [1.165, 1.54) is 25.7 Å². The second-order valence-electron chi connectivity index (χ2n) is 6.04. The number of aliphatic hydroxyl groups excluding tert-OH is 1. The molecular weight excluding hydrogens is 302 g/mol. The smallest absolute Gasteiger partial charge is 0.0654 e. The zero-order valence-corrected chi connectivity index (χ0v) is 12.7. The Kier molecular flexibility index (Phi) is 3.97. The molecule has 3 rings (SSSR count). The molecule has 2 saturated carbocycles. The van der Waals surface area contributed by atoms with E-state index in [1.807, 2.05) is 18.2 Å². The summed E-state index contributed by atoms with van der Waals surface area (Å²) >= 11 is 3.59. The highest BCUT2D eigenvalue weighted by molar-refractivity contribution is 9.10. The van der Waals surface area contributed by atoms with Crippen LogP contribution in [0.15, 0.2) is 28.7 Å². The Morgan fingerprint density at radius 1 is 1.21 bits per heavy atom. The monoisotopic (exact) mass is 323 g/mol. The quantitative estimate of drug-likeness (QED) is 0.893. The summed E-state index contributed by atoms with van der Waals surface area (Å²) in [5.41, 5.74) is 7.10. The van der Waals surface area contributed by atoms with Gasteiger partial charge in [0.05, 0.1) is 6.10 Å². The van der Waals surface area contributed by atoms with Crippen molar-refractivity contribution in [1.29, 1.82) is 0 Å². The fourth-order valence-corrected chi connectivity index (χ4v) is 4.63. The molecule has 0 saturated heterocycles. The molecular formula is C16H22BrNO. The third kappa shape index (κ3) is 2.48. The van der Waals surface area contributed by atoms with Gasteiger partial charge in [0, 0.05) is 16.9 Å². The summed E-state index contributed by atoms with van der Waals surface area (Å²) in [6.45, 7) is 0.514. The van der Waals surface area contributed by atoms with Gasteiger partial charge in [-0.3, -0.25) is 0 Å². The lowest BCUT2D eigenvalue weighted by Crippen LogP contribution is -2.29. The lowest BCUT2D eigenvalue weighted by Gasteiger charge is -2.23. The zero-order valence-electron chi connectivity index (χ0n) is 11.1. The van der Waals surface area contributed by atoms with Gasteiger partial charge < -0.3 is 10.8 Å². The van der Waals surface area contributed by atoms with Gasteiger partial charge in [-0.1, -0.05) is 47.0 Å². The van der Waals surface area contributed by atoms with Gasteiger partial charge >= 0.3 is 0 Å². The zero-order chi connectivity index (χ0) is 13.4. The molecule has 3 N–H and O–H groups in total. The summed E-state index contributed by atoms with van der Waals surface area (Å²) in [5.74, 6) is 2.08. The second kappa shape index (κ2) is 5.55. The lowest BCUT2D eigenvalue weighted by atomic mass is 9.89. The molecule has 104 valence electrons. The topological polar surface area (TPSA) is 46.2 Å². The Hall–Kier alpha value is -0.380. The van der Waals surface area contributed by atoms with Crippen molar-refractivity contribution in [1.82, 2.24) is 0 Å². The van der Waals surface area contributed by atoms with Crippen molar-refractivity contribution in [3.8, 4) is 0 Å². The van der Waals surface area contributed by atoms with E-state index in [2.05, 4.69) is 22.0 Å². The molecule has 0 amide bonds. The first-order valence-corrected chi connectivity index (χ1v) is 8.16. The first kappa shape index (κ1) is 13.6. The van der Waals surface area contributed by atoms with Crippen molar-refractivity contribution in [2.45, 2.75) is 37.7 Å². The fourth-order valence-electron chi connectivity index (χ4n) is 4.05. The molecule has 2 aliphatic carbocycles. The van der Waals surface area contributed by atoms with Crippen molar-refractivity contribution in [2.75, 3.05) is 6.54 Å². The van der Waals surface area contributed by atoms with Crippen LogP contribution in [0.1, 0.15) is 37.2 Å². The molecule has 4 unspecified atom stereocenters. The fraction of sp³-hybridized carbons (Fsp3) is 0.625. The van der Waals surface area contributed by atoms with Crippen LogP contribution in [-0.2, 0) is 0 Å².